The van der Waals surface area contributed by atoms with Crippen LogP contribution in [-0.2, 0) is 0 Å². The summed E-state index contributed by atoms with van der Waals surface area (Å²) in [5.74, 6) is 0.113. The fourth-order valence-electron chi connectivity index (χ4n) is 1.63. The Morgan fingerprint density at radius 1 is 0.950 bits per heavy atom. The molecule has 0 aliphatic heterocycles. The van der Waals surface area contributed by atoms with Crippen LogP contribution < -0.4 is 5.32 Å². The summed E-state index contributed by atoms with van der Waals surface area (Å²) >= 11 is 5.16. The molecule has 2 nitrogen and oxygen atoms in total. The third kappa shape index (κ3) is 4.71. The van der Waals surface area contributed by atoms with Gasteiger partial charge in [-0.3, -0.25) is 0 Å². The molecule has 2 rings (SSSR count). The highest BCUT2D eigenvalue weighted by Crippen LogP contribution is 2.07. The van der Waals surface area contributed by atoms with Crippen molar-refractivity contribution in [3.8, 4) is 0 Å². The first-order valence-electron chi connectivity index (χ1n) is 6.24. The molecule has 0 radical (unpaired) electrons. The van der Waals surface area contributed by atoms with Gasteiger partial charge in [-0.2, -0.15) is 0 Å². The molecule has 0 aliphatic carbocycles. The molecule has 0 unspecified atom stereocenters. The molecule has 2 aromatic rings. The number of rotatable bonds is 4. The lowest BCUT2D eigenvalue weighted by Gasteiger charge is -2.03. The standard InChI is InChI=1S/C17H15NOS/c19-16(12-11-14-7-3-1-4-8-14)13-17(20)18-15-9-5-2-6-10-15/h1-13,19H,(H,18,20). The molecule has 0 heterocycles. The molecule has 2 aromatic carbocycles. The van der Waals surface area contributed by atoms with Gasteiger partial charge in [0.25, 0.3) is 0 Å². The van der Waals surface area contributed by atoms with Crippen LogP contribution in [0.15, 0.2) is 78.6 Å². The van der Waals surface area contributed by atoms with Crippen molar-refractivity contribution in [2.24, 2.45) is 0 Å². The van der Waals surface area contributed by atoms with Crippen molar-refractivity contribution in [3.05, 3.63) is 84.1 Å². The minimum absolute atomic E-state index is 0.113. The van der Waals surface area contributed by atoms with Crippen LogP contribution in [0.4, 0.5) is 5.69 Å². The number of hydrogen-bond donors (Lipinski definition) is 2. The zero-order valence-electron chi connectivity index (χ0n) is 10.9. The van der Waals surface area contributed by atoms with E-state index in [2.05, 4.69) is 5.32 Å². The average Bonchev–Trinajstić information content (AvgIpc) is 2.47. The van der Waals surface area contributed by atoms with Crippen LogP contribution in [0.25, 0.3) is 6.08 Å². The molecule has 0 amide bonds. The van der Waals surface area contributed by atoms with Crippen LogP contribution in [0.2, 0.25) is 0 Å². The van der Waals surface area contributed by atoms with Gasteiger partial charge < -0.3 is 10.4 Å². The van der Waals surface area contributed by atoms with Crippen LogP contribution in [0.1, 0.15) is 5.56 Å². The zero-order chi connectivity index (χ0) is 14.2. The molecule has 100 valence electrons. The molecule has 0 fully saturated rings. The van der Waals surface area contributed by atoms with Crippen LogP contribution >= 0.6 is 12.2 Å². The van der Waals surface area contributed by atoms with Gasteiger partial charge >= 0.3 is 0 Å². The van der Waals surface area contributed by atoms with Crippen molar-refractivity contribution in [2.75, 3.05) is 5.32 Å². The van der Waals surface area contributed by atoms with Crippen LogP contribution in [0.3, 0.4) is 0 Å². The summed E-state index contributed by atoms with van der Waals surface area (Å²) in [6, 6.07) is 19.4. The predicted octanol–water partition coefficient (Wildman–Crippen LogP) is 4.58. The third-order valence-electron chi connectivity index (χ3n) is 2.57. The van der Waals surface area contributed by atoms with E-state index in [1.165, 1.54) is 6.08 Å². The lowest BCUT2D eigenvalue weighted by molar-refractivity contribution is 0.434. The first kappa shape index (κ1) is 14.0. The van der Waals surface area contributed by atoms with E-state index in [0.29, 0.717) is 4.99 Å². The topological polar surface area (TPSA) is 32.3 Å². The van der Waals surface area contributed by atoms with Gasteiger partial charge in [0.1, 0.15) is 10.7 Å². The number of aliphatic hydroxyl groups is 1. The molecular weight excluding hydrogens is 266 g/mol. The quantitative estimate of drug-likeness (QED) is 0.372. The summed E-state index contributed by atoms with van der Waals surface area (Å²) in [4.78, 5) is 0.464. The average molecular weight is 281 g/mol. The second-order valence-electron chi connectivity index (χ2n) is 4.17. The van der Waals surface area contributed by atoms with Crippen LogP contribution in [-0.4, -0.2) is 10.1 Å². The molecule has 0 atom stereocenters. The van der Waals surface area contributed by atoms with E-state index in [4.69, 9.17) is 12.2 Å². The third-order valence-corrected chi connectivity index (χ3v) is 2.79. The SMILES string of the molecule is OC(C=Cc1ccccc1)=CC(=S)Nc1ccccc1. The van der Waals surface area contributed by atoms with Gasteiger partial charge in [-0.25, -0.2) is 0 Å². The number of aliphatic hydroxyl groups excluding tert-OH is 1. The van der Waals surface area contributed by atoms with Crippen molar-refractivity contribution < 1.29 is 5.11 Å². The molecule has 2 N–H and O–H groups in total. The maximum atomic E-state index is 9.81. The Labute approximate surface area is 124 Å². The van der Waals surface area contributed by atoms with E-state index in [1.807, 2.05) is 66.7 Å². The number of hydrogen-bond acceptors (Lipinski definition) is 2. The summed E-state index contributed by atoms with van der Waals surface area (Å²) in [7, 11) is 0. The molecular formula is C17H15NOS. The molecule has 0 bridgehead atoms. The van der Waals surface area contributed by atoms with Gasteiger partial charge in [-0.15, -0.1) is 0 Å². The van der Waals surface area contributed by atoms with E-state index in [-0.39, 0.29) is 5.76 Å². The molecule has 0 aromatic heterocycles. The summed E-state index contributed by atoms with van der Waals surface area (Å²) < 4.78 is 0. The second kappa shape index (κ2) is 7.26. The van der Waals surface area contributed by atoms with Crippen LogP contribution in [0, 0.1) is 0 Å². The highest BCUT2D eigenvalue weighted by Gasteiger charge is 1.95. The summed E-state index contributed by atoms with van der Waals surface area (Å²) in [6.45, 7) is 0. The summed E-state index contributed by atoms with van der Waals surface area (Å²) in [5, 5.41) is 12.8. The normalized spacial score (nSPS) is 11.5. The lowest BCUT2D eigenvalue weighted by Crippen LogP contribution is -2.05. The van der Waals surface area contributed by atoms with Gasteiger partial charge in [-0.1, -0.05) is 66.8 Å². The minimum Gasteiger partial charge on any atom is -0.508 e. The Morgan fingerprint density at radius 2 is 1.55 bits per heavy atom. The van der Waals surface area contributed by atoms with Crippen molar-refractivity contribution in [2.45, 2.75) is 0 Å². The molecule has 0 saturated heterocycles. The number of benzene rings is 2. The van der Waals surface area contributed by atoms with Crippen molar-refractivity contribution >= 4 is 29.0 Å². The summed E-state index contributed by atoms with van der Waals surface area (Å²) in [6.07, 6.45) is 4.97. The number of nitrogens with one attached hydrogen (secondary N) is 1. The number of allylic oxidation sites excluding steroid dienone is 1. The zero-order valence-corrected chi connectivity index (χ0v) is 11.7. The molecule has 20 heavy (non-hydrogen) atoms. The maximum Gasteiger partial charge on any atom is 0.118 e. The highest BCUT2D eigenvalue weighted by molar-refractivity contribution is 7.81. The minimum atomic E-state index is 0.113. The molecule has 0 spiro atoms. The Hall–Kier alpha value is -2.39. The first-order valence-corrected chi connectivity index (χ1v) is 6.65. The number of para-hydroxylation sites is 1. The number of anilines is 1. The Bertz CT molecular complexity index is 618. The number of thiocarbonyl (C=S) groups is 1. The Morgan fingerprint density at radius 3 is 2.20 bits per heavy atom. The fraction of sp³-hybridized carbons (Fsp3) is 0. The fourth-order valence-corrected chi connectivity index (χ4v) is 1.87. The summed E-state index contributed by atoms with van der Waals surface area (Å²) in [5.41, 5.74) is 1.92. The largest absolute Gasteiger partial charge is 0.508 e. The van der Waals surface area contributed by atoms with Crippen molar-refractivity contribution in [1.82, 2.24) is 0 Å². The lowest BCUT2D eigenvalue weighted by atomic mass is 10.2. The van der Waals surface area contributed by atoms with E-state index in [1.54, 1.807) is 6.08 Å². The maximum absolute atomic E-state index is 9.81. The predicted molar refractivity (Wildman–Crippen MR) is 88.9 cm³/mol. The van der Waals surface area contributed by atoms with E-state index in [9.17, 15) is 5.11 Å². The van der Waals surface area contributed by atoms with Gasteiger partial charge in [0.2, 0.25) is 0 Å². The second-order valence-corrected chi connectivity index (χ2v) is 4.61. The van der Waals surface area contributed by atoms with Crippen molar-refractivity contribution in [1.29, 1.82) is 0 Å². The van der Waals surface area contributed by atoms with E-state index >= 15 is 0 Å². The van der Waals surface area contributed by atoms with Gasteiger partial charge in [0.05, 0.1) is 0 Å². The van der Waals surface area contributed by atoms with Gasteiger partial charge in [-0.05, 0) is 23.8 Å². The molecule has 0 saturated carbocycles. The van der Waals surface area contributed by atoms with E-state index < -0.39 is 0 Å². The first-order chi connectivity index (χ1) is 9.74. The molecule has 3 heteroatoms. The van der Waals surface area contributed by atoms with Crippen LogP contribution in [0.5, 0.6) is 0 Å². The Kier molecular flexibility index (Phi) is 5.09. The van der Waals surface area contributed by atoms with Crippen molar-refractivity contribution in [3.63, 3.8) is 0 Å². The van der Waals surface area contributed by atoms with E-state index in [0.717, 1.165) is 11.3 Å². The smallest absolute Gasteiger partial charge is 0.118 e. The highest BCUT2D eigenvalue weighted by atomic mass is 32.1. The monoisotopic (exact) mass is 281 g/mol. The molecule has 0 aliphatic rings. The Balaban J connectivity index is 1.96. The van der Waals surface area contributed by atoms with Gasteiger partial charge in [0.15, 0.2) is 0 Å². The van der Waals surface area contributed by atoms with Gasteiger partial charge in [0, 0.05) is 11.8 Å².